The molecule has 0 radical (unpaired) electrons. The standard InChI is InChI=1S/C12H14N2O3/c1-2-17-9-5-6-10(13-8-9)11-4-3-7-14(11)12(15)16/h4-6,8H,2-3,7H2,1H3,(H,15,16). The Morgan fingerprint density at radius 3 is 3.00 bits per heavy atom. The molecule has 1 aliphatic heterocycles. The van der Waals surface area contributed by atoms with Gasteiger partial charge in [-0.15, -0.1) is 0 Å². The fraction of sp³-hybridized carbons (Fsp3) is 0.333. The topological polar surface area (TPSA) is 62.7 Å². The SMILES string of the molecule is CCOc1ccc(C2=CCCN2C(=O)O)nc1. The van der Waals surface area contributed by atoms with Gasteiger partial charge in [-0.1, -0.05) is 6.08 Å². The fourth-order valence-electron chi connectivity index (χ4n) is 1.79. The average Bonchev–Trinajstić information content (AvgIpc) is 2.79. The zero-order chi connectivity index (χ0) is 12.3. The van der Waals surface area contributed by atoms with Crippen molar-refractivity contribution in [2.45, 2.75) is 13.3 Å². The Kier molecular flexibility index (Phi) is 3.27. The van der Waals surface area contributed by atoms with Gasteiger partial charge in [0.25, 0.3) is 0 Å². The van der Waals surface area contributed by atoms with E-state index >= 15 is 0 Å². The Hall–Kier alpha value is -2.04. The van der Waals surface area contributed by atoms with E-state index in [9.17, 15) is 4.79 Å². The lowest BCUT2D eigenvalue weighted by atomic mass is 10.2. The van der Waals surface area contributed by atoms with E-state index in [0.29, 0.717) is 30.3 Å². The molecule has 0 aliphatic carbocycles. The van der Waals surface area contributed by atoms with Crippen LogP contribution in [0.3, 0.4) is 0 Å². The summed E-state index contributed by atoms with van der Waals surface area (Å²) < 4.78 is 5.29. The van der Waals surface area contributed by atoms with E-state index < -0.39 is 6.09 Å². The minimum absolute atomic E-state index is 0.500. The second kappa shape index (κ2) is 4.86. The number of pyridine rings is 1. The molecule has 1 N–H and O–H groups in total. The molecule has 1 aromatic heterocycles. The molecule has 5 nitrogen and oxygen atoms in total. The smallest absolute Gasteiger partial charge is 0.411 e. The highest BCUT2D eigenvalue weighted by molar-refractivity contribution is 5.81. The van der Waals surface area contributed by atoms with E-state index in [4.69, 9.17) is 9.84 Å². The molecule has 0 aromatic carbocycles. The highest BCUT2D eigenvalue weighted by Crippen LogP contribution is 2.25. The van der Waals surface area contributed by atoms with Crippen molar-refractivity contribution in [3.63, 3.8) is 0 Å². The molecule has 1 aliphatic rings. The normalized spacial score (nSPS) is 14.6. The Bertz CT molecular complexity index is 440. The van der Waals surface area contributed by atoms with Gasteiger partial charge in [0.05, 0.1) is 24.2 Å². The Labute approximate surface area is 99.3 Å². The zero-order valence-electron chi connectivity index (χ0n) is 9.59. The molecule has 17 heavy (non-hydrogen) atoms. The van der Waals surface area contributed by atoms with Crippen molar-refractivity contribution in [2.75, 3.05) is 13.2 Å². The lowest BCUT2D eigenvalue weighted by Crippen LogP contribution is -2.25. The van der Waals surface area contributed by atoms with Crippen LogP contribution in [0.4, 0.5) is 4.79 Å². The molecule has 0 atom stereocenters. The van der Waals surface area contributed by atoms with E-state index in [-0.39, 0.29) is 0 Å². The van der Waals surface area contributed by atoms with Crippen LogP contribution in [0.2, 0.25) is 0 Å². The lowest BCUT2D eigenvalue weighted by molar-refractivity contribution is 0.168. The van der Waals surface area contributed by atoms with Crippen LogP contribution in [-0.2, 0) is 0 Å². The Morgan fingerprint density at radius 1 is 1.59 bits per heavy atom. The summed E-state index contributed by atoms with van der Waals surface area (Å²) in [5.74, 6) is 0.691. The van der Waals surface area contributed by atoms with E-state index in [1.54, 1.807) is 18.3 Å². The molecule has 0 fully saturated rings. The molecule has 0 unspecified atom stereocenters. The molecular formula is C12H14N2O3. The predicted octanol–water partition coefficient (Wildman–Crippen LogP) is 2.20. The van der Waals surface area contributed by atoms with Crippen LogP contribution in [0.1, 0.15) is 19.0 Å². The molecule has 2 rings (SSSR count). The molecule has 0 saturated heterocycles. The number of amides is 1. The van der Waals surface area contributed by atoms with Crippen LogP contribution in [0.15, 0.2) is 24.4 Å². The number of rotatable bonds is 3. The number of aromatic nitrogens is 1. The van der Waals surface area contributed by atoms with E-state index in [1.807, 2.05) is 13.0 Å². The highest BCUT2D eigenvalue weighted by atomic mass is 16.5. The van der Waals surface area contributed by atoms with Gasteiger partial charge in [0, 0.05) is 6.54 Å². The third-order valence-electron chi connectivity index (χ3n) is 2.52. The zero-order valence-corrected chi connectivity index (χ0v) is 9.59. The minimum Gasteiger partial charge on any atom is -0.492 e. The number of hydrogen-bond donors (Lipinski definition) is 1. The molecule has 2 heterocycles. The third-order valence-corrected chi connectivity index (χ3v) is 2.52. The summed E-state index contributed by atoms with van der Waals surface area (Å²) in [6.45, 7) is 2.99. The molecule has 0 saturated carbocycles. The third kappa shape index (κ3) is 2.38. The molecule has 0 spiro atoms. The molecule has 1 amide bonds. The van der Waals surface area contributed by atoms with Crippen LogP contribution in [0, 0.1) is 0 Å². The maximum absolute atomic E-state index is 11.0. The minimum atomic E-state index is -0.940. The quantitative estimate of drug-likeness (QED) is 0.870. The van der Waals surface area contributed by atoms with Crippen LogP contribution < -0.4 is 4.74 Å². The van der Waals surface area contributed by atoms with Crippen LogP contribution in [0.5, 0.6) is 5.75 Å². The van der Waals surface area contributed by atoms with Crippen LogP contribution in [-0.4, -0.2) is 34.2 Å². The van der Waals surface area contributed by atoms with Gasteiger partial charge in [0.15, 0.2) is 0 Å². The monoisotopic (exact) mass is 234 g/mol. The van der Waals surface area contributed by atoms with Crippen molar-refractivity contribution in [1.29, 1.82) is 0 Å². The predicted molar refractivity (Wildman–Crippen MR) is 62.7 cm³/mol. The molecule has 5 heteroatoms. The summed E-state index contributed by atoms with van der Waals surface area (Å²) in [4.78, 5) is 16.5. The molecule has 90 valence electrons. The maximum Gasteiger partial charge on any atom is 0.411 e. The van der Waals surface area contributed by atoms with Gasteiger partial charge in [0.1, 0.15) is 5.75 Å². The Morgan fingerprint density at radius 2 is 2.41 bits per heavy atom. The van der Waals surface area contributed by atoms with Crippen molar-refractivity contribution < 1.29 is 14.6 Å². The number of nitrogens with zero attached hydrogens (tertiary/aromatic N) is 2. The maximum atomic E-state index is 11.0. The van der Waals surface area contributed by atoms with Gasteiger partial charge in [-0.05, 0) is 25.5 Å². The van der Waals surface area contributed by atoms with Gasteiger partial charge in [-0.3, -0.25) is 9.88 Å². The van der Waals surface area contributed by atoms with Crippen LogP contribution in [0.25, 0.3) is 5.70 Å². The second-order valence-electron chi connectivity index (χ2n) is 3.62. The number of ether oxygens (including phenoxy) is 1. The molecule has 0 bridgehead atoms. The number of hydrogen-bond acceptors (Lipinski definition) is 3. The van der Waals surface area contributed by atoms with E-state index in [2.05, 4.69) is 4.98 Å². The van der Waals surface area contributed by atoms with Crippen molar-refractivity contribution in [3.05, 3.63) is 30.1 Å². The largest absolute Gasteiger partial charge is 0.492 e. The lowest BCUT2D eigenvalue weighted by Gasteiger charge is -2.15. The Balaban J connectivity index is 2.19. The molecule has 1 aromatic rings. The van der Waals surface area contributed by atoms with Gasteiger partial charge in [-0.25, -0.2) is 4.79 Å². The van der Waals surface area contributed by atoms with Gasteiger partial charge < -0.3 is 9.84 Å². The van der Waals surface area contributed by atoms with E-state index in [1.165, 1.54) is 4.90 Å². The highest BCUT2D eigenvalue weighted by Gasteiger charge is 2.23. The van der Waals surface area contributed by atoms with Gasteiger partial charge >= 0.3 is 6.09 Å². The van der Waals surface area contributed by atoms with Crippen molar-refractivity contribution in [1.82, 2.24) is 9.88 Å². The fourth-order valence-corrected chi connectivity index (χ4v) is 1.79. The van der Waals surface area contributed by atoms with Crippen LogP contribution >= 0.6 is 0 Å². The first-order chi connectivity index (χ1) is 8.22. The first-order valence-corrected chi connectivity index (χ1v) is 5.52. The summed E-state index contributed by atoms with van der Waals surface area (Å²) in [6.07, 6.45) is 3.29. The van der Waals surface area contributed by atoms with Crippen molar-refractivity contribution >= 4 is 11.8 Å². The number of carboxylic acid groups (broad SMARTS) is 1. The van der Waals surface area contributed by atoms with Gasteiger partial charge in [-0.2, -0.15) is 0 Å². The summed E-state index contributed by atoms with van der Waals surface area (Å²) in [6, 6.07) is 3.57. The van der Waals surface area contributed by atoms with Crippen molar-refractivity contribution in [2.24, 2.45) is 0 Å². The van der Waals surface area contributed by atoms with Gasteiger partial charge in [0.2, 0.25) is 0 Å². The summed E-state index contributed by atoms with van der Waals surface area (Å²) in [5, 5.41) is 9.02. The first-order valence-electron chi connectivity index (χ1n) is 5.52. The second-order valence-corrected chi connectivity index (χ2v) is 3.62. The van der Waals surface area contributed by atoms with E-state index in [0.717, 1.165) is 6.42 Å². The molecular weight excluding hydrogens is 220 g/mol. The average molecular weight is 234 g/mol. The number of carbonyl (C=O) groups is 1. The first kappa shape index (κ1) is 11.4. The summed E-state index contributed by atoms with van der Waals surface area (Å²) in [7, 11) is 0. The summed E-state index contributed by atoms with van der Waals surface area (Å²) >= 11 is 0. The summed E-state index contributed by atoms with van der Waals surface area (Å²) in [5.41, 5.74) is 1.31. The van der Waals surface area contributed by atoms with Crippen molar-refractivity contribution in [3.8, 4) is 5.75 Å².